The number of Topliss-reactive ketones (excluding diaryl/α,β-unsaturated/α-hetero) is 1. The van der Waals surface area contributed by atoms with Crippen LogP contribution in [0.1, 0.15) is 27.9 Å². The van der Waals surface area contributed by atoms with Crippen molar-refractivity contribution in [1.29, 1.82) is 0 Å². The minimum absolute atomic E-state index is 0.226. The van der Waals surface area contributed by atoms with Gasteiger partial charge in [0.15, 0.2) is 5.78 Å². The average Bonchev–Trinajstić information content (AvgIpc) is 3.00. The highest BCUT2D eigenvalue weighted by Gasteiger charge is 2.22. The van der Waals surface area contributed by atoms with Crippen molar-refractivity contribution in [2.75, 3.05) is 26.8 Å². The molecule has 0 saturated carbocycles. The molecule has 1 saturated heterocycles. The molecular weight excluding hydrogens is 234 g/mol. The van der Waals surface area contributed by atoms with Crippen LogP contribution in [0.4, 0.5) is 0 Å². The van der Waals surface area contributed by atoms with E-state index in [9.17, 15) is 4.79 Å². The molecule has 94 valence electrons. The number of aryl methyl sites for hydroxylation is 1. The Bertz CT molecular complexity index is 383. The molecule has 1 aliphatic rings. The maximum absolute atomic E-state index is 12.1. The van der Waals surface area contributed by atoms with Crippen molar-refractivity contribution < 1.29 is 9.53 Å². The van der Waals surface area contributed by atoms with E-state index in [2.05, 4.69) is 17.9 Å². The van der Waals surface area contributed by atoms with Crippen LogP contribution in [0.15, 0.2) is 12.1 Å². The summed E-state index contributed by atoms with van der Waals surface area (Å²) in [7, 11) is 2.01. The lowest BCUT2D eigenvalue weighted by atomic mass is 10.2. The highest BCUT2D eigenvalue weighted by atomic mass is 32.1. The Balaban J connectivity index is 1.91. The molecule has 0 amide bonds. The molecule has 1 aliphatic heterocycles. The first-order chi connectivity index (χ1) is 8.20. The van der Waals surface area contributed by atoms with Crippen LogP contribution in [0, 0.1) is 0 Å². The summed E-state index contributed by atoms with van der Waals surface area (Å²) < 4.78 is 5.34. The SMILES string of the molecule is CCc1ccc(C(=O)CN(C)C2CCOC2)s1. The van der Waals surface area contributed by atoms with Crippen LogP contribution in [-0.2, 0) is 11.2 Å². The first kappa shape index (κ1) is 12.7. The number of ketones is 1. The Hall–Kier alpha value is -0.710. The van der Waals surface area contributed by atoms with Crippen molar-refractivity contribution in [1.82, 2.24) is 4.90 Å². The highest BCUT2D eigenvalue weighted by molar-refractivity contribution is 7.14. The molecule has 0 N–H and O–H groups in total. The van der Waals surface area contributed by atoms with Gasteiger partial charge in [0.2, 0.25) is 0 Å². The third-order valence-electron chi connectivity index (χ3n) is 3.21. The second-order valence-electron chi connectivity index (χ2n) is 4.48. The quantitative estimate of drug-likeness (QED) is 0.754. The monoisotopic (exact) mass is 253 g/mol. The maximum atomic E-state index is 12.1. The van der Waals surface area contributed by atoms with Crippen molar-refractivity contribution in [3.63, 3.8) is 0 Å². The van der Waals surface area contributed by atoms with E-state index < -0.39 is 0 Å². The fourth-order valence-electron chi connectivity index (χ4n) is 2.02. The number of carbonyl (C=O) groups is 1. The molecule has 1 aromatic heterocycles. The largest absolute Gasteiger partial charge is 0.380 e. The van der Waals surface area contributed by atoms with E-state index in [0.29, 0.717) is 12.6 Å². The van der Waals surface area contributed by atoms with Crippen molar-refractivity contribution in [2.45, 2.75) is 25.8 Å². The van der Waals surface area contributed by atoms with Crippen LogP contribution < -0.4 is 0 Å². The number of hydrogen-bond acceptors (Lipinski definition) is 4. The molecule has 0 spiro atoms. The molecule has 1 aromatic rings. The smallest absolute Gasteiger partial charge is 0.186 e. The van der Waals surface area contributed by atoms with Crippen LogP contribution in [0.5, 0.6) is 0 Å². The maximum Gasteiger partial charge on any atom is 0.186 e. The van der Waals surface area contributed by atoms with E-state index in [1.165, 1.54) is 4.88 Å². The van der Waals surface area contributed by atoms with Gasteiger partial charge in [-0.3, -0.25) is 9.69 Å². The zero-order valence-corrected chi connectivity index (χ0v) is 11.3. The molecule has 1 fully saturated rings. The van der Waals surface area contributed by atoms with E-state index >= 15 is 0 Å². The minimum Gasteiger partial charge on any atom is -0.380 e. The molecule has 2 heterocycles. The standard InChI is InChI=1S/C13H19NO2S/c1-3-11-4-5-13(17-11)12(15)8-14(2)10-6-7-16-9-10/h4-5,10H,3,6-9H2,1-2H3. The number of likely N-dealkylation sites (N-methyl/N-ethyl adjacent to an activating group) is 1. The van der Waals surface area contributed by atoms with Gasteiger partial charge in [-0.1, -0.05) is 6.92 Å². The second kappa shape index (κ2) is 5.76. The van der Waals surface area contributed by atoms with E-state index in [0.717, 1.165) is 30.9 Å². The summed E-state index contributed by atoms with van der Waals surface area (Å²) in [6.45, 7) is 4.19. The van der Waals surface area contributed by atoms with Gasteiger partial charge in [0, 0.05) is 17.5 Å². The van der Waals surface area contributed by atoms with Crippen molar-refractivity contribution in [2.24, 2.45) is 0 Å². The Morgan fingerprint density at radius 3 is 3.00 bits per heavy atom. The van der Waals surface area contributed by atoms with Crippen LogP contribution in [-0.4, -0.2) is 43.5 Å². The average molecular weight is 253 g/mol. The number of nitrogens with zero attached hydrogens (tertiary/aromatic N) is 1. The van der Waals surface area contributed by atoms with E-state index in [1.807, 2.05) is 13.1 Å². The van der Waals surface area contributed by atoms with Crippen LogP contribution in [0.2, 0.25) is 0 Å². The Kier molecular flexibility index (Phi) is 4.31. The molecule has 0 aromatic carbocycles. The summed E-state index contributed by atoms with van der Waals surface area (Å²) in [6.07, 6.45) is 2.04. The zero-order valence-electron chi connectivity index (χ0n) is 10.4. The van der Waals surface area contributed by atoms with Gasteiger partial charge in [-0.25, -0.2) is 0 Å². The van der Waals surface area contributed by atoms with E-state index in [-0.39, 0.29) is 5.78 Å². The predicted molar refractivity (Wildman–Crippen MR) is 69.9 cm³/mol. The normalized spacial score (nSPS) is 20.1. The minimum atomic E-state index is 0.226. The molecule has 0 bridgehead atoms. The van der Waals surface area contributed by atoms with Gasteiger partial charge in [-0.05, 0) is 32.0 Å². The van der Waals surface area contributed by atoms with Crippen LogP contribution in [0.25, 0.3) is 0 Å². The highest BCUT2D eigenvalue weighted by Crippen LogP contribution is 2.18. The fraction of sp³-hybridized carbons (Fsp3) is 0.615. The molecule has 0 aliphatic carbocycles. The molecule has 4 heteroatoms. The zero-order chi connectivity index (χ0) is 12.3. The van der Waals surface area contributed by atoms with E-state index in [4.69, 9.17) is 4.74 Å². The van der Waals surface area contributed by atoms with Gasteiger partial charge in [0.25, 0.3) is 0 Å². The predicted octanol–water partition coefficient (Wildman–Crippen LogP) is 2.21. The van der Waals surface area contributed by atoms with Gasteiger partial charge in [0.1, 0.15) is 0 Å². The lowest BCUT2D eigenvalue weighted by molar-refractivity contribution is 0.0911. The summed E-state index contributed by atoms with van der Waals surface area (Å²) in [5, 5.41) is 0. The third kappa shape index (κ3) is 3.15. The van der Waals surface area contributed by atoms with Crippen LogP contribution in [0.3, 0.4) is 0 Å². The lowest BCUT2D eigenvalue weighted by Crippen LogP contribution is -2.36. The third-order valence-corrected chi connectivity index (χ3v) is 4.48. The molecule has 17 heavy (non-hydrogen) atoms. The summed E-state index contributed by atoms with van der Waals surface area (Å²) in [4.78, 5) is 16.3. The number of hydrogen-bond donors (Lipinski definition) is 0. The summed E-state index contributed by atoms with van der Waals surface area (Å²) in [5.41, 5.74) is 0. The van der Waals surface area contributed by atoms with Gasteiger partial charge < -0.3 is 4.74 Å². The Morgan fingerprint density at radius 1 is 1.59 bits per heavy atom. The van der Waals surface area contributed by atoms with Gasteiger partial charge in [-0.15, -0.1) is 11.3 Å². The topological polar surface area (TPSA) is 29.5 Å². The Labute approximate surface area is 106 Å². The lowest BCUT2D eigenvalue weighted by Gasteiger charge is -2.21. The summed E-state index contributed by atoms with van der Waals surface area (Å²) >= 11 is 1.62. The molecule has 1 unspecified atom stereocenters. The van der Waals surface area contributed by atoms with E-state index in [1.54, 1.807) is 11.3 Å². The number of thiophene rings is 1. The number of rotatable bonds is 5. The van der Waals surface area contributed by atoms with Gasteiger partial charge >= 0.3 is 0 Å². The first-order valence-corrected chi connectivity index (χ1v) is 6.92. The fourth-order valence-corrected chi connectivity index (χ4v) is 2.90. The number of ether oxygens (including phenoxy) is 1. The summed E-state index contributed by atoms with van der Waals surface area (Å²) in [5.74, 6) is 0.226. The van der Waals surface area contributed by atoms with Crippen molar-refractivity contribution in [3.8, 4) is 0 Å². The first-order valence-electron chi connectivity index (χ1n) is 6.10. The molecule has 1 atom stereocenters. The molecular formula is C13H19NO2S. The van der Waals surface area contributed by atoms with Crippen molar-refractivity contribution in [3.05, 3.63) is 21.9 Å². The molecule has 2 rings (SSSR count). The van der Waals surface area contributed by atoms with Gasteiger partial charge in [-0.2, -0.15) is 0 Å². The molecule has 0 radical (unpaired) electrons. The second-order valence-corrected chi connectivity index (χ2v) is 5.64. The van der Waals surface area contributed by atoms with Crippen LogP contribution >= 0.6 is 11.3 Å². The number of carbonyl (C=O) groups excluding carboxylic acids is 1. The van der Waals surface area contributed by atoms with Gasteiger partial charge in [0.05, 0.1) is 18.0 Å². The Morgan fingerprint density at radius 2 is 2.41 bits per heavy atom. The summed E-state index contributed by atoms with van der Waals surface area (Å²) in [6, 6.07) is 4.41. The molecule has 3 nitrogen and oxygen atoms in total. The van der Waals surface area contributed by atoms with Crippen molar-refractivity contribution >= 4 is 17.1 Å².